The Morgan fingerprint density at radius 1 is 1.09 bits per heavy atom. The molecule has 11 atom stereocenters. The minimum Gasteiger partial charge on any atom is -0.388 e. The highest BCUT2D eigenvalue weighted by molar-refractivity contribution is 5.86. The van der Waals surface area contributed by atoms with E-state index in [1.54, 1.807) is 13.8 Å². The van der Waals surface area contributed by atoms with Crippen molar-refractivity contribution in [2.24, 2.45) is 44.8 Å². The third kappa shape index (κ3) is 2.21. The first-order chi connectivity index (χ1) is 16.1. The summed E-state index contributed by atoms with van der Waals surface area (Å²) in [4.78, 5) is 12.9. The Morgan fingerprint density at radius 2 is 1.80 bits per heavy atom. The van der Waals surface area contributed by atoms with E-state index in [9.17, 15) is 15.0 Å². The lowest BCUT2D eigenvalue weighted by molar-refractivity contribution is -0.279. The number of aliphatic hydroxyl groups excluding tert-OH is 1. The topological polar surface area (TPSA) is 76.0 Å². The number of rotatable bonds is 1. The highest BCUT2D eigenvalue weighted by atomic mass is 16.8. The number of allylic oxidation sites excluding steroid dienone is 1. The number of carbonyl (C=O) groups excluding carboxylic acids is 1. The second-order valence-electron chi connectivity index (χ2n) is 15.2. The van der Waals surface area contributed by atoms with Gasteiger partial charge in [-0.05, 0) is 80.5 Å². The molecule has 2 bridgehead atoms. The first-order valence-corrected chi connectivity index (χ1v) is 14.1. The molecule has 0 amide bonds. The van der Waals surface area contributed by atoms with Gasteiger partial charge in [0.05, 0.1) is 11.7 Å². The summed E-state index contributed by atoms with van der Waals surface area (Å²) < 4.78 is 13.5. The van der Waals surface area contributed by atoms with Crippen LogP contribution < -0.4 is 0 Å². The fraction of sp³-hybridized carbons (Fsp3) is 0.900. The zero-order valence-electron chi connectivity index (χ0n) is 22.6. The highest BCUT2D eigenvalue weighted by Gasteiger charge is 2.86. The highest BCUT2D eigenvalue weighted by Crippen LogP contribution is 2.88. The molecule has 194 valence electrons. The van der Waals surface area contributed by atoms with Gasteiger partial charge >= 0.3 is 0 Å². The number of ether oxygens (including phenoxy) is 2. The van der Waals surface area contributed by atoms with Crippen LogP contribution in [0.1, 0.15) is 93.4 Å². The number of aliphatic hydroxyl groups is 2. The molecule has 5 nitrogen and oxygen atoms in total. The molecule has 0 aromatic carbocycles. The quantitative estimate of drug-likeness (QED) is 0.524. The monoisotopic (exact) mass is 484 g/mol. The van der Waals surface area contributed by atoms with E-state index in [0.29, 0.717) is 24.0 Å². The number of fused-ring (bicyclic) bond motifs is 4. The summed E-state index contributed by atoms with van der Waals surface area (Å²) in [7, 11) is 0. The maximum Gasteiger partial charge on any atom is 0.199 e. The van der Waals surface area contributed by atoms with Gasteiger partial charge in [-0.1, -0.05) is 46.3 Å². The van der Waals surface area contributed by atoms with Crippen LogP contribution in [0, 0.1) is 44.8 Å². The summed E-state index contributed by atoms with van der Waals surface area (Å²) in [6.45, 7) is 14.9. The Kier molecular flexibility index (Phi) is 4.08. The van der Waals surface area contributed by atoms with Crippen molar-refractivity contribution in [2.75, 3.05) is 0 Å². The van der Waals surface area contributed by atoms with E-state index in [1.807, 2.05) is 0 Å². The minimum absolute atomic E-state index is 0.0775. The molecule has 35 heavy (non-hydrogen) atoms. The molecule has 0 aromatic rings. The normalized spacial score (nSPS) is 59.6. The maximum atomic E-state index is 12.9. The maximum absolute atomic E-state index is 12.9. The van der Waals surface area contributed by atoms with Gasteiger partial charge in [0.2, 0.25) is 0 Å². The fourth-order valence-corrected chi connectivity index (χ4v) is 11.7. The van der Waals surface area contributed by atoms with E-state index in [2.05, 4.69) is 40.7 Å². The SMILES string of the molecule is C[C@@H]1C[C@H]2O[C@]3(O[C@@H]2C(C)(C)O)[C@H]1[C@@]1(C)CC[C@@]24C[C@@]25CCC(=O)C(C)(C)[C@@H]5CC=C4[C@]1(C)[C@H]3O. The molecule has 2 N–H and O–H groups in total. The Bertz CT molecular complexity index is 1060. The number of ketones is 1. The van der Waals surface area contributed by atoms with Crippen molar-refractivity contribution in [3.8, 4) is 0 Å². The number of hydrogen-bond donors (Lipinski definition) is 2. The van der Waals surface area contributed by atoms with Crippen molar-refractivity contribution in [3.05, 3.63) is 11.6 Å². The van der Waals surface area contributed by atoms with Gasteiger partial charge in [0.25, 0.3) is 0 Å². The Morgan fingerprint density at radius 3 is 2.49 bits per heavy atom. The van der Waals surface area contributed by atoms with Crippen molar-refractivity contribution in [2.45, 2.75) is 123 Å². The summed E-state index contributed by atoms with van der Waals surface area (Å²) in [5, 5.41) is 23.4. The zero-order chi connectivity index (χ0) is 25.2. The average molecular weight is 485 g/mol. The molecular weight excluding hydrogens is 440 g/mol. The third-order valence-electron chi connectivity index (χ3n) is 13.3. The van der Waals surface area contributed by atoms with Crippen LogP contribution in [0.15, 0.2) is 11.6 Å². The summed E-state index contributed by atoms with van der Waals surface area (Å²) in [6, 6.07) is 0. The second kappa shape index (κ2) is 6.11. The summed E-state index contributed by atoms with van der Waals surface area (Å²) in [5.41, 5.74) is -0.163. The van der Waals surface area contributed by atoms with Crippen molar-refractivity contribution in [1.29, 1.82) is 0 Å². The molecule has 7 rings (SSSR count). The molecule has 0 aromatic heterocycles. The van der Waals surface area contributed by atoms with E-state index >= 15 is 0 Å². The van der Waals surface area contributed by atoms with Gasteiger partial charge in [0.15, 0.2) is 5.79 Å². The minimum atomic E-state index is -1.07. The van der Waals surface area contributed by atoms with Crippen molar-refractivity contribution < 1.29 is 24.5 Å². The molecule has 5 aliphatic carbocycles. The zero-order valence-corrected chi connectivity index (χ0v) is 22.6. The van der Waals surface area contributed by atoms with E-state index < -0.39 is 29.0 Å². The molecule has 5 heteroatoms. The first kappa shape index (κ1) is 23.4. The van der Waals surface area contributed by atoms with Gasteiger partial charge < -0.3 is 19.7 Å². The largest absolute Gasteiger partial charge is 0.388 e. The van der Waals surface area contributed by atoms with Gasteiger partial charge in [0.1, 0.15) is 18.0 Å². The first-order valence-electron chi connectivity index (χ1n) is 14.1. The molecule has 2 heterocycles. The molecule has 4 saturated carbocycles. The smallest absolute Gasteiger partial charge is 0.199 e. The number of Topliss-reactive ketones (excluding diaryl/α,β-unsaturated/α-hetero) is 1. The number of carbonyl (C=O) groups is 1. The standard InChI is InChI=1S/C30H44O5/c1-16-14-17-22(25(4,5)33)35-30(34-17)21(16)26(6)12-13-29-15-28(29)11-10-20(31)24(2,3)18(28)8-9-19(29)27(26,7)23(30)32/h9,16-18,21-23,32-33H,8,10-15H2,1-7H3/t16-,17-,18+,21-,22+,23-,26-,27-,28-,29+,30+/m1/s1. The van der Waals surface area contributed by atoms with Crippen LogP contribution in [-0.4, -0.2) is 45.7 Å². The molecule has 0 unspecified atom stereocenters. The van der Waals surface area contributed by atoms with Gasteiger partial charge in [-0.25, -0.2) is 0 Å². The average Bonchev–Trinajstić information content (AvgIpc) is 3.28. The van der Waals surface area contributed by atoms with Crippen LogP contribution in [-0.2, 0) is 14.3 Å². The molecule has 2 aliphatic heterocycles. The van der Waals surface area contributed by atoms with Gasteiger partial charge in [-0.15, -0.1) is 0 Å². The predicted molar refractivity (Wildman–Crippen MR) is 131 cm³/mol. The van der Waals surface area contributed by atoms with Crippen molar-refractivity contribution in [1.82, 2.24) is 0 Å². The van der Waals surface area contributed by atoms with Gasteiger partial charge in [0, 0.05) is 23.2 Å². The van der Waals surface area contributed by atoms with E-state index in [-0.39, 0.29) is 33.7 Å². The van der Waals surface area contributed by atoms with Crippen molar-refractivity contribution >= 4 is 5.78 Å². The van der Waals surface area contributed by atoms with E-state index in [1.165, 1.54) is 5.57 Å². The molecule has 6 fully saturated rings. The lowest BCUT2D eigenvalue weighted by atomic mass is 9.45. The van der Waals surface area contributed by atoms with E-state index in [0.717, 1.165) is 38.5 Å². The van der Waals surface area contributed by atoms with Gasteiger partial charge in [-0.2, -0.15) is 0 Å². The Balaban J connectivity index is 1.37. The summed E-state index contributed by atoms with van der Waals surface area (Å²) in [5.74, 6) is 0.175. The Hall–Kier alpha value is -0.750. The molecule has 7 aliphatic rings. The second-order valence-corrected chi connectivity index (χ2v) is 15.2. The molecule has 2 saturated heterocycles. The lowest BCUT2D eigenvalue weighted by Gasteiger charge is -2.59. The number of hydrogen-bond acceptors (Lipinski definition) is 5. The molecule has 3 spiro atoms. The lowest BCUT2D eigenvalue weighted by Crippen LogP contribution is -2.55. The van der Waals surface area contributed by atoms with Crippen LogP contribution in [0.4, 0.5) is 0 Å². The molecule has 0 radical (unpaired) electrons. The van der Waals surface area contributed by atoms with Crippen LogP contribution in [0.5, 0.6) is 0 Å². The summed E-state index contributed by atoms with van der Waals surface area (Å²) in [6.07, 6.45) is 7.86. The van der Waals surface area contributed by atoms with Gasteiger partial charge in [-0.3, -0.25) is 4.79 Å². The summed E-state index contributed by atoms with van der Waals surface area (Å²) >= 11 is 0. The van der Waals surface area contributed by atoms with Crippen LogP contribution in [0.25, 0.3) is 0 Å². The van der Waals surface area contributed by atoms with Crippen LogP contribution >= 0.6 is 0 Å². The van der Waals surface area contributed by atoms with Crippen molar-refractivity contribution in [3.63, 3.8) is 0 Å². The molecular formula is C30H44O5. The third-order valence-corrected chi connectivity index (χ3v) is 13.3. The predicted octanol–water partition coefficient (Wildman–Crippen LogP) is 4.79. The fourth-order valence-electron chi connectivity index (χ4n) is 11.7. The Labute approximate surface area is 210 Å². The van der Waals surface area contributed by atoms with Crippen LogP contribution in [0.2, 0.25) is 0 Å². The van der Waals surface area contributed by atoms with Crippen LogP contribution in [0.3, 0.4) is 0 Å². The van der Waals surface area contributed by atoms with E-state index in [4.69, 9.17) is 9.47 Å².